The van der Waals surface area contributed by atoms with Gasteiger partial charge in [0.15, 0.2) is 0 Å². The van der Waals surface area contributed by atoms with E-state index in [1.165, 1.54) is 38.5 Å². The zero-order valence-electron chi connectivity index (χ0n) is 12.9. The molecule has 0 aliphatic rings. The van der Waals surface area contributed by atoms with E-state index in [2.05, 4.69) is 56.3 Å². The van der Waals surface area contributed by atoms with Crippen LogP contribution < -0.4 is 11.1 Å². The number of rotatable bonds is 7. The molecule has 0 atom stereocenters. The molecule has 0 aliphatic heterocycles. The van der Waals surface area contributed by atoms with Crippen LogP contribution in [0.25, 0.3) is 0 Å². The Kier molecular flexibility index (Phi) is 39.0. The third-order valence-corrected chi connectivity index (χ3v) is 1.95. The maximum absolute atomic E-state index is 8.61. The van der Waals surface area contributed by atoms with Crippen molar-refractivity contribution in [3.63, 3.8) is 0 Å². The van der Waals surface area contributed by atoms with Crippen LogP contribution in [0.5, 0.6) is 0 Å². The number of unbranched alkanes of at least 4 members (excludes halogenated alkanes) is 5. The third kappa shape index (κ3) is 63.6. The molecule has 0 fully saturated rings. The Labute approximate surface area is 152 Å². The number of nitrogens with two attached hydrogens (primary N) is 1. The number of hydrogen-bond donors (Lipinski definition) is 4. The summed E-state index contributed by atoms with van der Waals surface area (Å²) in [6, 6.07) is 0. The van der Waals surface area contributed by atoms with Crippen molar-refractivity contribution < 1.29 is 10.2 Å². The van der Waals surface area contributed by atoms with Gasteiger partial charge in [0, 0.05) is 31.0 Å². The monoisotopic (exact) mass is 431 g/mol. The van der Waals surface area contributed by atoms with Crippen LogP contribution in [0.4, 0.5) is 0 Å². The molecule has 0 bridgehead atoms. The summed E-state index contributed by atoms with van der Waals surface area (Å²) in [6.07, 6.45) is 8.85. The van der Waals surface area contributed by atoms with E-state index in [0.717, 1.165) is 13.0 Å². The standard InChI is InChI=1S/C9H19NOS.C3H8.CH3NOS.Sb/c1-2-3-4-5-6-7-8-10-9(11)12;1-3-2;2-1(3)4;/h2-8H2,1H3,(H2,10,11,12);3H2,1-2H3;(H3,2,3,4);. The molecule has 0 saturated carbocycles. The van der Waals surface area contributed by atoms with Crippen molar-refractivity contribution in [2.24, 2.45) is 5.73 Å². The summed E-state index contributed by atoms with van der Waals surface area (Å²) in [5, 5.41) is 18.3. The topological polar surface area (TPSA) is 78.5 Å². The van der Waals surface area contributed by atoms with E-state index in [4.69, 9.17) is 10.2 Å². The Bertz CT molecular complexity index is 205. The van der Waals surface area contributed by atoms with Crippen LogP contribution in [0.2, 0.25) is 0 Å². The molecule has 0 amide bonds. The molecule has 20 heavy (non-hydrogen) atoms. The molecule has 3 radical (unpaired) electrons. The summed E-state index contributed by atoms with van der Waals surface area (Å²) >= 11 is 8.33. The SMILES string of the molecule is CCC.CCCCCCCCNC(O)=S.NC(O)=S.[Sb]. The van der Waals surface area contributed by atoms with E-state index < -0.39 is 5.17 Å². The fraction of sp³-hybridized carbons (Fsp3) is 0.846. The summed E-state index contributed by atoms with van der Waals surface area (Å²) in [7, 11) is 0. The van der Waals surface area contributed by atoms with Gasteiger partial charge in [-0.25, -0.2) is 0 Å². The molecule has 0 unspecified atom stereocenters. The number of aliphatic hydroxyl groups is 2. The molecule has 0 spiro atoms. The predicted octanol–water partition coefficient (Wildman–Crippen LogP) is 3.60. The first-order valence-electron chi connectivity index (χ1n) is 6.87. The van der Waals surface area contributed by atoms with Crippen molar-refractivity contribution in [1.82, 2.24) is 5.32 Å². The van der Waals surface area contributed by atoms with Gasteiger partial charge in [-0.1, -0.05) is 59.3 Å². The van der Waals surface area contributed by atoms with E-state index in [-0.39, 0.29) is 29.6 Å². The van der Waals surface area contributed by atoms with Crippen LogP contribution in [0.1, 0.15) is 65.7 Å². The Morgan fingerprint density at radius 2 is 1.30 bits per heavy atom. The Hall–Kier alpha value is 0.198. The van der Waals surface area contributed by atoms with Gasteiger partial charge in [0.2, 0.25) is 0 Å². The van der Waals surface area contributed by atoms with Crippen molar-refractivity contribution in [3.8, 4) is 0 Å². The molecule has 121 valence electrons. The summed E-state index contributed by atoms with van der Waals surface area (Å²) < 4.78 is 0. The number of aliphatic hydroxyl groups excluding tert-OH is 2. The molecular formula is C13H30N2O2S2Sb. The molecule has 0 saturated heterocycles. The average Bonchev–Trinajstić information content (AvgIpc) is 2.28. The summed E-state index contributed by atoms with van der Waals surface area (Å²) in [5.41, 5.74) is 4.40. The number of nitrogens with one attached hydrogen (secondary N) is 1. The van der Waals surface area contributed by atoms with Crippen molar-refractivity contribution in [2.45, 2.75) is 65.7 Å². The van der Waals surface area contributed by atoms with Crippen molar-refractivity contribution in [2.75, 3.05) is 6.54 Å². The first-order chi connectivity index (χ1) is 8.92. The minimum atomic E-state index is -0.500. The molecule has 0 aliphatic carbocycles. The maximum Gasteiger partial charge on any atom is 0.254 e. The van der Waals surface area contributed by atoms with Crippen LogP contribution in [0, 0.1) is 0 Å². The molecular weight excluding hydrogens is 402 g/mol. The van der Waals surface area contributed by atoms with Crippen molar-refractivity contribution in [1.29, 1.82) is 0 Å². The Morgan fingerprint density at radius 1 is 0.950 bits per heavy atom. The minimum absolute atomic E-state index is 0. The first-order valence-corrected chi connectivity index (χ1v) is 7.69. The van der Waals surface area contributed by atoms with Gasteiger partial charge in [-0.2, -0.15) is 0 Å². The van der Waals surface area contributed by atoms with E-state index in [9.17, 15) is 0 Å². The largest absolute Gasteiger partial charge is 0.487 e. The third-order valence-electron chi connectivity index (χ3n) is 1.81. The number of hydrogen-bond acceptors (Lipinski definition) is 2. The average molecular weight is 432 g/mol. The fourth-order valence-electron chi connectivity index (χ4n) is 1.10. The van der Waals surface area contributed by atoms with Crippen LogP contribution in [-0.2, 0) is 0 Å². The van der Waals surface area contributed by atoms with Gasteiger partial charge < -0.3 is 21.3 Å². The second-order valence-corrected chi connectivity index (χ2v) is 4.85. The molecule has 0 aromatic heterocycles. The molecule has 4 nitrogen and oxygen atoms in total. The van der Waals surface area contributed by atoms with Crippen LogP contribution in [0.3, 0.4) is 0 Å². The van der Waals surface area contributed by atoms with Gasteiger partial charge in [-0.15, -0.1) is 0 Å². The molecule has 0 aromatic carbocycles. The summed E-state index contributed by atoms with van der Waals surface area (Å²) in [5.74, 6) is 0. The van der Waals surface area contributed by atoms with Gasteiger partial charge in [0.1, 0.15) is 0 Å². The van der Waals surface area contributed by atoms with Crippen LogP contribution in [-0.4, -0.2) is 51.5 Å². The zero-order valence-corrected chi connectivity index (χ0v) is 17.1. The van der Waals surface area contributed by atoms with Gasteiger partial charge in [-0.05, 0) is 30.9 Å². The van der Waals surface area contributed by atoms with Crippen molar-refractivity contribution in [3.05, 3.63) is 0 Å². The summed E-state index contributed by atoms with van der Waals surface area (Å²) in [6.45, 7) is 7.27. The van der Waals surface area contributed by atoms with Crippen LogP contribution in [0.15, 0.2) is 0 Å². The normalized spacial score (nSPS) is 7.95. The fourth-order valence-corrected chi connectivity index (χ4v) is 1.20. The van der Waals surface area contributed by atoms with E-state index in [1.54, 1.807) is 0 Å². The second-order valence-electron chi connectivity index (χ2n) is 4.05. The molecule has 7 heteroatoms. The second kappa shape index (κ2) is 27.5. The van der Waals surface area contributed by atoms with Gasteiger partial charge >= 0.3 is 0 Å². The predicted molar refractivity (Wildman–Crippen MR) is 97.7 cm³/mol. The first kappa shape index (κ1) is 28.4. The molecule has 0 rings (SSSR count). The molecule has 0 heterocycles. The number of thiocarbonyl (C=S) groups is 2. The Balaban J connectivity index is -0.000000134. The maximum atomic E-state index is 8.61. The van der Waals surface area contributed by atoms with E-state index in [1.807, 2.05) is 0 Å². The van der Waals surface area contributed by atoms with Gasteiger partial charge in [0.05, 0.1) is 0 Å². The van der Waals surface area contributed by atoms with Gasteiger partial charge in [0.25, 0.3) is 10.3 Å². The minimum Gasteiger partial charge on any atom is -0.487 e. The van der Waals surface area contributed by atoms with E-state index >= 15 is 0 Å². The van der Waals surface area contributed by atoms with Gasteiger partial charge in [-0.3, -0.25) is 0 Å². The Morgan fingerprint density at radius 3 is 1.65 bits per heavy atom. The van der Waals surface area contributed by atoms with Crippen LogP contribution >= 0.6 is 24.4 Å². The summed E-state index contributed by atoms with van der Waals surface area (Å²) in [4.78, 5) is 0. The zero-order chi connectivity index (χ0) is 15.5. The quantitative estimate of drug-likeness (QED) is 0.280. The molecule has 0 aromatic rings. The smallest absolute Gasteiger partial charge is 0.254 e. The van der Waals surface area contributed by atoms with E-state index in [0.29, 0.717) is 0 Å². The molecule has 5 N–H and O–H groups in total. The van der Waals surface area contributed by atoms with Crippen molar-refractivity contribution >= 4 is 59.2 Å².